The maximum Gasteiger partial charge on any atom is 0.247 e. The summed E-state index contributed by atoms with van der Waals surface area (Å²) in [4.78, 5) is 32.1. The predicted molar refractivity (Wildman–Crippen MR) is 149 cm³/mol. The molecule has 3 atom stereocenters. The highest BCUT2D eigenvalue weighted by molar-refractivity contribution is 5.96. The van der Waals surface area contributed by atoms with E-state index in [1.807, 2.05) is 78.9 Å². The number of fused-ring (bicyclic) bond motifs is 1. The molecule has 4 aromatic rings. The van der Waals surface area contributed by atoms with Crippen molar-refractivity contribution in [1.29, 1.82) is 0 Å². The van der Waals surface area contributed by atoms with Crippen molar-refractivity contribution in [1.82, 2.24) is 15.4 Å². The van der Waals surface area contributed by atoms with Crippen LogP contribution in [0.15, 0.2) is 84.9 Å². The number of aliphatic hydroxyl groups is 1. The van der Waals surface area contributed by atoms with Crippen LogP contribution in [0.1, 0.15) is 24.0 Å². The summed E-state index contributed by atoms with van der Waals surface area (Å²) in [6.45, 7) is 1.11. The van der Waals surface area contributed by atoms with Crippen molar-refractivity contribution in [3.8, 4) is 17.0 Å². The van der Waals surface area contributed by atoms with Gasteiger partial charge in [-0.3, -0.25) is 14.8 Å². The summed E-state index contributed by atoms with van der Waals surface area (Å²) in [5.74, 6) is -0.601. The van der Waals surface area contributed by atoms with Crippen LogP contribution in [0, 0.1) is 11.3 Å². The zero-order valence-electron chi connectivity index (χ0n) is 22.0. The number of benzene rings is 3. The first-order valence-corrected chi connectivity index (χ1v) is 13.5. The van der Waals surface area contributed by atoms with Crippen LogP contribution >= 0.6 is 0 Å². The molecule has 1 saturated carbocycles. The highest BCUT2D eigenvalue weighted by Crippen LogP contribution is 2.56. The predicted octanol–water partition coefficient (Wildman–Crippen LogP) is 4.13. The average molecular weight is 538 g/mol. The Labute approximate surface area is 232 Å². The van der Waals surface area contributed by atoms with Gasteiger partial charge in [0.1, 0.15) is 12.4 Å². The van der Waals surface area contributed by atoms with E-state index in [4.69, 9.17) is 9.72 Å². The fourth-order valence-corrected chi connectivity index (χ4v) is 5.83. The van der Waals surface area contributed by atoms with E-state index in [2.05, 4.69) is 6.07 Å². The van der Waals surface area contributed by atoms with Crippen LogP contribution in [0.4, 0.5) is 0 Å². The van der Waals surface area contributed by atoms with Gasteiger partial charge in [-0.2, -0.15) is 0 Å². The van der Waals surface area contributed by atoms with Gasteiger partial charge in [-0.25, -0.2) is 10.5 Å². The van der Waals surface area contributed by atoms with E-state index >= 15 is 0 Å². The van der Waals surface area contributed by atoms with Crippen molar-refractivity contribution >= 4 is 22.7 Å². The highest BCUT2D eigenvalue weighted by Gasteiger charge is 2.64. The number of pyridine rings is 1. The molecule has 2 heterocycles. The molecule has 0 radical (unpaired) electrons. The molecule has 6 rings (SSSR count). The van der Waals surface area contributed by atoms with Crippen LogP contribution in [0.3, 0.4) is 0 Å². The number of likely N-dealkylation sites (tertiary alicyclic amines) is 1. The Morgan fingerprint density at radius 2 is 1.77 bits per heavy atom. The topological polar surface area (TPSA) is 112 Å². The third kappa shape index (κ3) is 5.03. The molecule has 204 valence electrons. The molecule has 8 nitrogen and oxygen atoms in total. The number of aromatic nitrogens is 1. The lowest BCUT2D eigenvalue weighted by Gasteiger charge is -2.24. The van der Waals surface area contributed by atoms with Gasteiger partial charge in [0.2, 0.25) is 11.8 Å². The van der Waals surface area contributed by atoms with Gasteiger partial charge in [0.05, 0.1) is 28.6 Å². The summed E-state index contributed by atoms with van der Waals surface area (Å²) in [6.07, 6.45) is 0.723. The number of β-amino-alcohol motifs (C(OH)–C–C–N with tert-alkyl or cyclic N) is 1. The monoisotopic (exact) mass is 537 g/mol. The largest absolute Gasteiger partial charge is 0.489 e. The number of carbonyl (C=O) groups excluding carboxylic acids is 2. The van der Waals surface area contributed by atoms with E-state index in [9.17, 15) is 19.9 Å². The van der Waals surface area contributed by atoms with Crippen LogP contribution in [0.2, 0.25) is 0 Å². The van der Waals surface area contributed by atoms with Gasteiger partial charge in [-0.05, 0) is 49.1 Å². The molecule has 40 heavy (non-hydrogen) atoms. The first-order chi connectivity index (χ1) is 19.5. The Kier molecular flexibility index (Phi) is 6.96. The summed E-state index contributed by atoms with van der Waals surface area (Å²) < 4.78 is 6.18. The van der Waals surface area contributed by atoms with Crippen LogP contribution in [0.25, 0.3) is 22.2 Å². The normalized spacial score (nSPS) is 21.8. The van der Waals surface area contributed by atoms with E-state index in [1.165, 1.54) is 0 Å². The number of aliphatic hydroxyl groups excluding tert-OH is 1. The molecule has 0 unspecified atom stereocenters. The maximum absolute atomic E-state index is 13.4. The minimum Gasteiger partial charge on any atom is -0.489 e. The molecular formula is C32H31N3O5. The molecule has 0 bridgehead atoms. The molecule has 1 aromatic heterocycles. The molecular weight excluding hydrogens is 506 g/mol. The van der Waals surface area contributed by atoms with E-state index in [0.29, 0.717) is 38.2 Å². The fraction of sp³-hybridized carbons (Fsp3) is 0.281. The van der Waals surface area contributed by atoms with Crippen LogP contribution in [-0.2, 0) is 22.6 Å². The second-order valence-corrected chi connectivity index (χ2v) is 10.7. The van der Waals surface area contributed by atoms with Gasteiger partial charge in [-0.1, -0.05) is 60.7 Å². The van der Waals surface area contributed by atoms with Gasteiger partial charge in [0.25, 0.3) is 0 Å². The molecule has 1 saturated heterocycles. The molecule has 8 heteroatoms. The standard InChI is InChI=1S/C32H31N3O5/c36-24-14-15-35(19-24)31(38)32(18-27(32)30(37)34-39)17-21-10-12-25(13-11-21)40-20-23-16-29(22-6-2-1-3-7-22)33-28-9-5-4-8-26(23)28/h1-13,16,24,27,36,39H,14-15,17-20H2,(H,34,37)/t24-,27-,32+/m1/s1. The van der Waals surface area contributed by atoms with E-state index < -0.39 is 23.3 Å². The highest BCUT2D eigenvalue weighted by atomic mass is 16.5. The number of hydrogen-bond acceptors (Lipinski definition) is 6. The zero-order valence-corrected chi connectivity index (χ0v) is 22.0. The number of hydroxylamine groups is 1. The number of ether oxygens (including phenoxy) is 1. The average Bonchev–Trinajstić information content (AvgIpc) is 3.56. The summed E-state index contributed by atoms with van der Waals surface area (Å²) in [5, 5.41) is 20.1. The lowest BCUT2D eigenvalue weighted by atomic mass is 9.92. The number of rotatable bonds is 8. The SMILES string of the molecule is O=C(NO)[C@H]1C[C@]1(Cc1ccc(OCc2cc(-c3ccccc3)nc3ccccc23)cc1)C(=O)N1CC[C@@H](O)C1. The minimum absolute atomic E-state index is 0.142. The van der Waals surface area contributed by atoms with Crippen LogP contribution < -0.4 is 10.2 Å². The van der Waals surface area contributed by atoms with Gasteiger partial charge in [0, 0.05) is 29.6 Å². The number of amides is 2. The quantitative estimate of drug-likeness (QED) is 0.230. The molecule has 1 aliphatic carbocycles. The first-order valence-electron chi connectivity index (χ1n) is 13.5. The van der Waals surface area contributed by atoms with Gasteiger partial charge in [0.15, 0.2) is 0 Å². The van der Waals surface area contributed by atoms with E-state index in [0.717, 1.165) is 33.3 Å². The Morgan fingerprint density at radius 3 is 2.50 bits per heavy atom. The van der Waals surface area contributed by atoms with Crippen molar-refractivity contribution < 1.29 is 24.6 Å². The maximum atomic E-state index is 13.4. The van der Waals surface area contributed by atoms with Crippen molar-refractivity contribution in [2.24, 2.45) is 11.3 Å². The second kappa shape index (κ2) is 10.7. The molecule has 2 fully saturated rings. The Bertz CT molecular complexity index is 1540. The molecule has 2 amide bonds. The molecule has 0 spiro atoms. The summed E-state index contributed by atoms with van der Waals surface area (Å²) >= 11 is 0. The summed E-state index contributed by atoms with van der Waals surface area (Å²) in [5.41, 5.74) is 5.56. The number of para-hydroxylation sites is 1. The smallest absolute Gasteiger partial charge is 0.247 e. The van der Waals surface area contributed by atoms with Crippen molar-refractivity contribution in [3.63, 3.8) is 0 Å². The fourth-order valence-electron chi connectivity index (χ4n) is 5.83. The van der Waals surface area contributed by atoms with Crippen molar-refractivity contribution in [2.75, 3.05) is 13.1 Å². The van der Waals surface area contributed by atoms with Crippen molar-refractivity contribution in [2.45, 2.75) is 32.0 Å². The third-order valence-corrected chi connectivity index (χ3v) is 8.09. The minimum atomic E-state index is -0.914. The van der Waals surface area contributed by atoms with Crippen LogP contribution in [-0.4, -0.2) is 51.2 Å². The van der Waals surface area contributed by atoms with Gasteiger partial charge in [-0.15, -0.1) is 0 Å². The molecule has 1 aliphatic heterocycles. The van der Waals surface area contributed by atoms with E-state index in [-0.39, 0.29) is 12.5 Å². The molecule has 2 aliphatic rings. The lowest BCUT2D eigenvalue weighted by molar-refractivity contribution is -0.140. The number of hydrogen-bond donors (Lipinski definition) is 3. The Morgan fingerprint density at radius 1 is 1.02 bits per heavy atom. The molecule has 3 N–H and O–H groups in total. The second-order valence-electron chi connectivity index (χ2n) is 10.7. The zero-order chi connectivity index (χ0) is 27.7. The van der Waals surface area contributed by atoms with E-state index in [1.54, 1.807) is 10.4 Å². The van der Waals surface area contributed by atoms with Crippen LogP contribution in [0.5, 0.6) is 5.75 Å². The molecule has 3 aromatic carbocycles. The van der Waals surface area contributed by atoms with Gasteiger partial charge >= 0.3 is 0 Å². The number of nitrogens with one attached hydrogen (secondary N) is 1. The summed E-state index contributed by atoms with van der Waals surface area (Å²) in [7, 11) is 0. The first kappa shape index (κ1) is 26.0. The number of carbonyl (C=O) groups is 2. The lowest BCUT2D eigenvalue weighted by Crippen LogP contribution is -2.40. The Balaban J connectivity index is 1.18. The summed E-state index contributed by atoms with van der Waals surface area (Å²) in [6, 6.07) is 27.7. The third-order valence-electron chi connectivity index (χ3n) is 8.09. The van der Waals surface area contributed by atoms with Crippen molar-refractivity contribution in [3.05, 3.63) is 96.1 Å². The van der Waals surface area contributed by atoms with Gasteiger partial charge < -0.3 is 14.7 Å². The number of nitrogens with zero attached hydrogens (tertiary/aromatic N) is 2. The Hall–Kier alpha value is -4.27.